The molecule has 2 N–H and O–H groups in total. The second-order valence-electron chi connectivity index (χ2n) is 5.84. The molecule has 1 aliphatic heterocycles. The van der Waals surface area contributed by atoms with E-state index >= 15 is 0 Å². The van der Waals surface area contributed by atoms with Crippen LogP contribution in [0.25, 0.3) is 0 Å². The van der Waals surface area contributed by atoms with Crippen molar-refractivity contribution in [3.63, 3.8) is 0 Å². The van der Waals surface area contributed by atoms with Gasteiger partial charge < -0.3 is 15.3 Å². The van der Waals surface area contributed by atoms with Crippen LogP contribution in [0.2, 0.25) is 0 Å². The SMILES string of the molecule is CCN(CC(O)c1ccc(C)cc1)C(=O)C1CCNC(=O)C1. The lowest BCUT2D eigenvalue weighted by atomic mass is 9.95. The van der Waals surface area contributed by atoms with Gasteiger partial charge in [-0.05, 0) is 25.8 Å². The van der Waals surface area contributed by atoms with E-state index in [-0.39, 0.29) is 30.7 Å². The number of nitrogens with one attached hydrogen (secondary N) is 1. The van der Waals surface area contributed by atoms with Crippen molar-refractivity contribution in [2.45, 2.75) is 32.8 Å². The Morgan fingerprint density at radius 2 is 2.09 bits per heavy atom. The van der Waals surface area contributed by atoms with Crippen LogP contribution < -0.4 is 5.32 Å². The fourth-order valence-electron chi connectivity index (χ4n) is 2.73. The first-order valence-corrected chi connectivity index (χ1v) is 7.81. The summed E-state index contributed by atoms with van der Waals surface area (Å²) in [6, 6.07) is 7.66. The molecule has 5 heteroatoms. The van der Waals surface area contributed by atoms with E-state index in [4.69, 9.17) is 0 Å². The maximum Gasteiger partial charge on any atom is 0.226 e. The molecular formula is C17H24N2O3. The van der Waals surface area contributed by atoms with Crippen molar-refractivity contribution in [2.75, 3.05) is 19.6 Å². The van der Waals surface area contributed by atoms with Crippen molar-refractivity contribution < 1.29 is 14.7 Å². The number of aliphatic hydroxyl groups is 1. The minimum Gasteiger partial charge on any atom is -0.387 e. The topological polar surface area (TPSA) is 69.6 Å². The third-order valence-corrected chi connectivity index (χ3v) is 4.14. The monoisotopic (exact) mass is 304 g/mol. The molecule has 120 valence electrons. The second-order valence-corrected chi connectivity index (χ2v) is 5.84. The Labute approximate surface area is 131 Å². The molecule has 2 atom stereocenters. The first kappa shape index (κ1) is 16.5. The highest BCUT2D eigenvalue weighted by molar-refractivity contribution is 5.86. The lowest BCUT2D eigenvalue weighted by molar-refractivity contribution is -0.141. The van der Waals surface area contributed by atoms with Crippen molar-refractivity contribution in [2.24, 2.45) is 5.92 Å². The number of hydrogen-bond donors (Lipinski definition) is 2. The maximum absolute atomic E-state index is 12.5. The number of carbonyl (C=O) groups is 2. The molecule has 0 spiro atoms. The van der Waals surface area contributed by atoms with Crippen molar-refractivity contribution in [3.8, 4) is 0 Å². The molecule has 1 fully saturated rings. The highest BCUT2D eigenvalue weighted by Crippen LogP contribution is 2.20. The van der Waals surface area contributed by atoms with Gasteiger partial charge >= 0.3 is 0 Å². The predicted molar refractivity (Wildman–Crippen MR) is 84.1 cm³/mol. The zero-order chi connectivity index (χ0) is 16.1. The number of aliphatic hydroxyl groups excluding tert-OH is 1. The summed E-state index contributed by atoms with van der Waals surface area (Å²) >= 11 is 0. The van der Waals surface area contributed by atoms with Crippen LogP contribution in [0.4, 0.5) is 0 Å². The summed E-state index contributed by atoms with van der Waals surface area (Å²) in [5.41, 5.74) is 1.94. The van der Waals surface area contributed by atoms with Crippen LogP contribution in [0, 0.1) is 12.8 Å². The van der Waals surface area contributed by atoms with Gasteiger partial charge in [0.15, 0.2) is 0 Å². The van der Waals surface area contributed by atoms with E-state index in [0.717, 1.165) is 11.1 Å². The lowest BCUT2D eigenvalue weighted by Gasteiger charge is -2.30. The van der Waals surface area contributed by atoms with E-state index in [1.54, 1.807) is 4.90 Å². The van der Waals surface area contributed by atoms with Crippen LogP contribution >= 0.6 is 0 Å². The number of aryl methyl sites for hydroxylation is 1. The molecule has 1 aliphatic rings. The number of rotatable bonds is 5. The zero-order valence-corrected chi connectivity index (χ0v) is 13.2. The van der Waals surface area contributed by atoms with Crippen LogP contribution in [-0.2, 0) is 9.59 Å². The molecule has 2 unspecified atom stereocenters. The number of piperidine rings is 1. The standard InChI is InChI=1S/C17H24N2O3/c1-3-19(17(22)14-8-9-18-16(21)10-14)11-15(20)13-6-4-12(2)5-7-13/h4-7,14-15,20H,3,8-11H2,1-2H3,(H,18,21). The van der Waals surface area contributed by atoms with Crippen molar-refractivity contribution in [1.29, 1.82) is 0 Å². The minimum atomic E-state index is -0.707. The quantitative estimate of drug-likeness (QED) is 0.864. The van der Waals surface area contributed by atoms with Gasteiger partial charge in [-0.15, -0.1) is 0 Å². The van der Waals surface area contributed by atoms with Gasteiger partial charge in [-0.1, -0.05) is 29.8 Å². The highest BCUT2D eigenvalue weighted by atomic mass is 16.3. The fraction of sp³-hybridized carbons (Fsp3) is 0.529. The maximum atomic E-state index is 12.5. The Balaban J connectivity index is 2.00. The highest BCUT2D eigenvalue weighted by Gasteiger charge is 2.29. The molecule has 5 nitrogen and oxygen atoms in total. The molecule has 1 heterocycles. The van der Waals surface area contributed by atoms with Gasteiger partial charge in [-0.25, -0.2) is 0 Å². The van der Waals surface area contributed by atoms with Gasteiger partial charge in [0.05, 0.1) is 12.6 Å². The largest absolute Gasteiger partial charge is 0.387 e. The smallest absolute Gasteiger partial charge is 0.226 e. The normalized spacial score (nSPS) is 19.4. The molecule has 1 aromatic carbocycles. The number of benzene rings is 1. The molecule has 0 aromatic heterocycles. The summed E-state index contributed by atoms with van der Waals surface area (Å²) in [6.45, 7) is 5.22. The first-order valence-electron chi connectivity index (χ1n) is 7.81. The third kappa shape index (κ3) is 4.07. The first-order chi connectivity index (χ1) is 10.5. The summed E-state index contributed by atoms with van der Waals surface area (Å²) in [6.07, 6.45) is 0.208. The fourth-order valence-corrected chi connectivity index (χ4v) is 2.73. The Bertz CT molecular complexity index is 527. The van der Waals surface area contributed by atoms with Gasteiger partial charge in [0.2, 0.25) is 11.8 Å². The Kier molecular flexibility index (Phi) is 5.55. The summed E-state index contributed by atoms with van der Waals surface area (Å²) in [5, 5.41) is 13.1. The Hall–Kier alpha value is -1.88. The van der Waals surface area contributed by atoms with E-state index < -0.39 is 6.10 Å². The number of amides is 2. The zero-order valence-electron chi connectivity index (χ0n) is 13.2. The van der Waals surface area contributed by atoms with Crippen LogP contribution in [0.5, 0.6) is 0 Å². The van der Waals surface area contributed by atoms with Gasteiger partial charge in [-0.3, -0.25) is 9.59 Å². The molecule has 0 aliphatic carbocycles. The number of nitrogens with zero attached hydrogens (tertiary/aromatic N) is 1. The van der Waals surface area contributed by atoms with Crippen LogP contribution in [0.1, 0.15) is 37.0 Å². The molecule has 2 amide bonds. The minimum absolute atomic E-state index is 0.0384. The van der Waals surface area contributed by atoms with E-state index in [9.17, 15) is 14.7 Å². The summed E-state index contributed by atoms with van der Waals surface area (Å²) in [4.78, 5) is 25.6. The molecule has 1 aromatic rings. The molecule has 0 radical (unpaired) electrons. The molecule has 22 heavy (non-hydrogen) atoms. The Morgan fingerprint density at radius 3 is 2.68 bits per heavy atom. The number of carbonyl (C=O) groups excluding carboxylic acids is 2. The third-order valence-electron chi connectivity index (χ3n) is 4.14. The average molecular weight is 304 g/mol. The van der Waals surface area contributed by atoms with Gasteiger partial charge in [0.1, 0.15) is 0 Å². The lowest BCUT2D eigenvalue weighted by Crippen LogP contribution is -2.44. The van der Waals surface area contributed by atoms with E-state index in [0.29, 0.717) is 19.5 Å². The van der Waals surface area contributed by atoms with E-state index in [2.05, 4.69) is 5.32 Å². The van der Waals surface area contributed by atoms with Crippen LogP contribution in [0.15, 0.2) is 24.3 Å². The molecule has 0 saturated carbocycles. The molecule has 1 saturated heterocycles. The van der Waals surface area contributed by atoms with E-state index in [1.807, 2.05) is 38.1 Å². The van der Waals surface area contributed by atoms with Crippen molar-refractivity contribution in [3.05, 3.63) is 35.4 Å². The summed E-state index contributed by atoms with van der Waals surface area (Å²) in [7, 11) is 0. The van der Waals surface area contributed by atoms with Crippen LogP contribution in [0.3, 0.4) is 0 Å². The Morgan fingerprint density at radius 1 is 1.41 bits per heavy atom. The van der Waals surface area contributed by atoms with Gasteiger partial charge in [0, 0.05) is 25.4 Å². The van der Waals surface area contributed by atoms with Crippen molar-refractivity contribution >= 4 is 11.8 Å². The van der Waals surface area contributed by atoms with Crippen LogP contribution in [-0.4, -0.2) is 41.5 Å². The average Bonchev–Trinajstić information content (AvgIpc) is 2.52. The molecular weight excluding hydrogens is 280 g/mol. The van der Waals surface area contributed by atoms with Gasteiger partial charge in [-0.2, -0.15) is 0 Å². The van der Waals surface area contributed by atoms with Gasteiger partial charge in [0.25, 0.3) is 0 Å². The van der Waals surface area contributed by atoms with Crippen molar-refractivity contribution in [1.82, 2.24) is 10.2 Å². The molecule has 0 bridgehead atoms. The van der Waals surface area contributed by atoms with E-state index in [1.165, 1.54) is 0 Å². The summed E-state index contributed by atoms with van der Waals surface area (Å²) in [5.74, 6) is -0.373. The second kappa shape index (κ2) is 7.40. The number of hydrogen-bond acceptors (Lipinski definition) is 3. The number of likely N-dealkylation sites (N-methyl/N-ethyl adjacent to an activating group) is 1. The summed E-state index contributed by atoms with van der Waals surface area (Å²) < 4.78 is 0. The predicted octanol–water partition coefficient (Wildman–Crippen LogP) is 1.40. The molecule has 2 rings (SSSR count).